The van der Waals surface area contributed by atoms with Crippen molar-refractivity contribution >= 4 is 5.97 Å². The number of methoxy groups -OCH3 is 1. The Hall–Kier alpha value is -3.21. The first-order valence-corrected chi connectivity index (χ1v) is 11.8. The minimum atomic E-state index is -4.94. The number of carbonyl (C=O) groups excluding carboxylic acids is 1. The maximum atomic E-state index is 13.3. The number of aromatic nitrogens is 1. The molecule has 4 rings (SSSR count). The third kappa shape index (κ3) is 4.88. The van der Waals surface area contributed by atoms with E-state index in [4.69, 9.17) is 14.2 Å². The average molecular weight is 511 g/mol. The molecule has 2 aliphatic rings. The fourth-order valence-electron chi connectivity index (χ4n) is 4.92. The Morgan fingerprint density at radius 3 is 2.58 bits per heavy atom. The zero-order chi connectivity index (χ0) is 26.3. The summed E-state index contributed by atoms with van der Waals surface area (Å²) in [6.07, 6.45) is -1.55. The van der Waals surface area contributed by atoms with Crippen molar-refractivity contribution < 1.29 is 36.9 Å². The molecule has 2 aromatic rings. The van der Waals surface area contributed by atoms with E-state index in [2.05, 4.69) is 4.74 Å². The van der Waals surface area contributed by atoms with Crippen LogP contribution in [0, 0.1) is 0 Å². The highest BCUT2D eigenvalue weighted by Gasteiger charge is 2.46. The highest BCUT2D eigenvalue weighted by atomic mass is 19.4. The SMILES string of the molecule is CCOC(=O)c1cn2c(cc1=O)-c1cc(OC(F)(F)F)c(OCCCOC)cc1[C@H]1CCC(C)(C)N12. The van der Waals surface area contributed by atoms with Gasteiger partial charge in [-0.2, -0.15) is 0 Å². The van der Waals surface area contributed by atoms with Gasteiger partial charge < -0.3 is 18.9 Å². The Kier molecular flexibility index (Phi) is 6.96. The molecule has 2 aliphatic heterocycles. The molecule has 11 heteroatoms. The number of rotatable bonds is 8. The van der Waals surface area contributed by atoms with Gasteiger partial charge in [-0.15, -0.1) is 13.2 Å². The number of halogens is 3. The Morgan fingerprint density at radius 2 is 1.92 bits per heavy atom. The lowest BCUT2D eigenvalue weighted by Crippen LogP contribution is -2.50. The minimum Gasteiger partial charge on any atom is -0.490 e. The van der Waals surface area contributed by atoms with Crippen molar-refractivity contribution in [1.29, 1.82) is 0 Å². The van der Waals surface area contributed by atoms with Gasteiger partial charge in [-0.25, -0.2) is 4.79 Å². The second-order valence-electron chi connectivity index (χ2n) is 9.34. The third-order valence-corrected chi connectivity index (χ3v) is 6.43. The molecule has 0 aliphatic carbocycles. The summed E-state index contributed by atoms with van der Waals surface area (Å²) in [5.41, 5.74) is 0.394. The van der Waals surface area contributed by atoms with Crippen LogP contribution < -0.4 is 19.9 Å². The zero-order valence-corrected chi connectivity index (χ0v) is 20.6. The molecule has 1 atom stereocenters. The van der Waals surface area contributed by atoms with Crippen molar-refractivity contribution in [2.24, 2.45) is 0 Å². The van der Waals surface area contributed by atoms with Gasteiger partial charge in [0.2, 0.25) is 0 Å². The summed E-state index contributed by atoms with van der Waals surface area (Å²) in [6, 6.07) is 3.86. The molecule has 0 radical (unpaired) electrons. The van der Waals surface area contributed by atoms with Crippen molar-refractivity contribution in [2.75, 3.05) is 31.9 Å². The topological polar surface area (TPSA) is 79.2 Å². The molecule has 0 saturated carbocycles. The van der Waals surface area contributed by atoms with Crippen LogP contribution in [0.2, 0.25) is 0 Å². The Bertz CT molecular complexity index is 1210. The van der Waals surface area contributed by atoms with Crippen LogP contribution in [0.4, 0.5) is 13.2 Å². The van der Waals surface area contributed by atoms with Crippen molar-refractivity contribution in [3.05, 3.63) is 45.7 Å². The predicted octanol–water partition coefficient (Wildman–Crippen LogP) is 4.57. The lowest BCUT2D eigenvalue weighted by atomic mass is 9.93. The third-order valence-electron chi connectivity index (χ3n) is 6.43. The van der Waals surface area contributed by atoms with Crippen molar-refractivity contribution in [1.82, 2.24) is 4.68 Å². The van der Waals surface area contributed by atoms with Crippen LogP contribution in [0.1, 0.15) is 62.0 Å². The quantitative estimate of drug-likeness (QED) is 0.380. The summed E-state index contributed by atoms with van der Waals surface area (Å²) >= 11 is 0. The summed E-state index contributed by atoms with van der Waals surface area (Å²) in [4.78, 5) is 25.3. The van der Waals surface area contributed by atoms with Gasteiger partial charge >= 0.3 is 12.3 Å². The van der Waals surface area contributed by atoms with E-state index in [1.165, 1.54) is 25.4 Å². The van der Waals surface area contributed by atoms with Crippen LogP contribution in [0.3, 0.4) is 0 Å². The van der Waals surface area contributed by atoms with Gasteiger partial charge in [0.05, 0.1) is 30.5 Å². The van der Waals surface area contributed by atoms with Crippen LogP contribution in [0.15, 0.2) is 29.2 Å². The molecule has 0 amide bonds. The average Bonchev–Trinajstić information content (AvgIpc) is 3.11. The van der Waals surface area contributed by atoms with Crippen LogP contribution in [0.5, 0.6) is 11.5 Å². The number of alkyl halides is 3. The van der Waals surface area contributed by atoms with Gasteiger partial charge in [-0.1, -0.05) is 0 Å². The van der Waals surface area contributed by atoms with Gasteiger partial charge in [-0.3, -0.25) is 14.5 Å². The molecule has 0 spiro atoms. The number of carbonyl (C=O) groups is 1. The summed E-state index contributed by atoms with van der Waals surface area (Å²) in [5.74, 6) is -1.29. The zero-order valence-electron chi connectivity index (χ0n) is 20.6. The second-order valence-corrected chi connectivity index (χ2v) is 9.34. The fourth-order valence-corrected chi connectivity index (χ4v) is 4.92. The maximum Gasteiger partial charge on any atom is 0.573 e. The minimum absolute atomic E-state index is 0.0363. The second kappa shape index (κ2) is 9.68. The molecule has 1 saturated heterocycles. The van der Waals surface area contributed by atoms with Crippen molar-refractivity contribution in [3.8, 4) is 22.8 Å². The predicted molar refractivity (Wildman–Crippen MR) is 125 cm³/mol. The first-order chi connectivity index (χ1) is 17.0. The maximum absolute atomic E-state index is 13.3. The van der Waals surface area contributed by atoms with Gasteiger partial charge in [0, 0.05) is 38.0 Å². The standard InChI is InChI=1S/C25H29F3N2O6/c1-5-34-23(32)17-14-29-19(13-20(17)31)16-12-22(36-25(26,27)28)21(35-10-6-9-33-4)11-15(16)18-7-8-24(2,3)30(18)29/h11-14,18H,5-10H2,1-4H3/t18-/m1/s1. The molecule has 1 fully saturated rings. The molecule has 3 heterocycles. The number of hydrogen-bond donors (Lipinski definition) is 0. The highest BCUT2D eigenvalue weighted by molar-refractivity contribution is 5.89. The molecule has 1 aromatic carbocycles. The summed E-state index contributed by atoms with van der Waals surface area (Å²) < 4.78 is 61.5. The van der Waals surface area contributed by atoms with E-state index in [1.807, 2.05) is 18.9 Å². The molecule has 0 unspecified atom stereocenters. The summed E-state index contributed by atoms with van der Waals surface area (Å²) in [6.45, 7) is 6.34. The first-order valence-electron chi connectivity index (χ1n) is 11.8. The van der Waals surface area contributed by atoms with Crippen LogP contribution in [-0.2, 0) is 9.47 Å². The van der Waals surface area contributed by atoms with Crippen LogP contribution >= 0.6 is 0 Å². The smallest absolute Gasteiger partial charge is 0.490 e. The Balaban J connectivity index is 1.90. The Morgan fingerprint density at radius 1 is 1.17 bits per heavy atom. The normalized spacial score (nSPS) is 17.8. The first kappa shape index (κ1) is 25.9. The van der Waals surface area contributed by atoms with Gasteiger partial charge in [0.25, 0.3) is 0 Å². The summed E-state index contributed by atoms with van der Waals surface area (Å²) in [7, 11) is 1.53. The van der Waals surface area contributed by atoms with Crippen molar-refractivity contribution in [3.63, 3.8) is 0 Å². The Labute approximate surface area is 206 Å². The largest absolute Gasteiger partial charge is 0.573 e. The number of esters is 1. The number of pyridine rings is 1. The van der Waals surface area contributed by atoms with E-state index >= 15 is 0 Å². The van der Waals surface area contributed by atoms with E-state index in [9.17, 15) is 22.8 Å². The molecule has 0 bridgehead atoms. The number of hydrogen-bond acceptors (Lipinski definition) is 7. The molecular formula is C25H29F3N2O6. The lowest BCUT2D eigenvalue weighted by Gasteiger charge is -2.44. The van der Waals surface area contributed by atoms with E-state index in [0.717, 1.165) is 12.0 Å². The molecule has 1 aromatic heterocycles. The number of nitrogens with zero attached hydrogens (tertiary/aromatic N) is 2. The van der Waals surface area contributed by atoms with Gasteiger partial charge in [0.15, 0.2) is 16.9 Å². The van der Waals surface area contributed by atoms with Crippen LogP contribution in [0.25, 0.3) is 11.3 Å². The van der Waals surface area contributed by atoms with E-state index in [0.29, 0.717) is 30.7 Å². The summed E-state index contributed by atoms with van der Waals surface area (Å²) in [5, 5.41) is 2.05. The number of benzene rings is 1. The molecule has 36 heavy (non-hydrogen) atoms. The number of fused-ring (bicyclic) bond motifs is 6. The van der Waals surface area contributed by atoms with Gasteiger partial charge in [0.1, 0.15) is 5.56 Å². The molecular weight excluding hydrogens is 481 g/mol. The van der Waals surface area contributed by atoms with E-state index < -0.39 is 23.5 Å². The molecule has 0 N–H and O–H groups in total. The van der Waals surface area contributed by atoms with Crippen LogP contribution in [-0.4, -0.2) is 49.5 Å². The van der Waals surface area contributed by atoms with Gasteiger partial charge in [-0.05, 0) is 51.3 Å². The van der Waals surface area contributed by atoms with E-state index in [-0.39, 0.29) is 36.1 Å². The van der Waals surface area contributed by atoms with E-state index in [1.54, 1.807) is 17.7 Å². The molecule has 8 nitrogen and oxygen atoms in total. The monoisotopic (exact) mass is 510 g/mol. The van der Waals surface area contributed by atoms with Crippen molar-refractivity contribution in [2.45, 2.75) is 58.0 Å². The highest BCUT2D eigenvalue weighted by Crippen LogP contribution is 2.51. The number of ether oxygens (including phenoxy) is 4. The fraction of sp³-hybridized carbons (Fsp3) is 0.520. The lowest BCUT2D eigenvalue weighted by molar-refractivity contribution is -0.275. The molecule has 196 valence electrons.